The zero-order valence-electron chi connectivity index (χ0n) is 18.7. The minimum Gasteiger partial charge on any atom is -0.489 e. The highest BCUT2D eigenvalue weighted by molar-refractivity contribution is 5.58. The summed E-state index contributed by atoms with van der Waals surface area (Å²) < 4.78 is 45.9. The van der Waals surface area contributed by atoms with Crippen molar-refractivity contribution in [2.24, 2.45) is 0 Å². The Kier molecular flexibility index (Phi) is 7.20. The normalized spacial score (nSPS) is 11.5. The molecule has 3 aromatic heterocycles. The van der Waals surface area contributed by atoms with Crippen LogP contribution in [0.4, 0.5) is 13.2 Å². The van der Waals surface area contributed by atoms with Crippen LogP contribution >= 0.6 is 0 Å². The molecule has 0 aliphatic carbocycles. The first-order valence-corrected chi connectivity index (χ1v) is 10.9. The Labute approximate surface area is 195 Å². The third-order valence-electron chi connectivity index (χ3n) is 5.44. The zero-order chi connectivity index (χ0) is 24.0. The van der Waals surface area contributed by atoms with Crippen molar-refractivity contribution in [1.82, 2.24) is 25.0 Å². The lowest BCUT2D eigenvalue weighted by molar-refractivity contribution is -0.141. The molecule has 0 radical (unpaired) electrons. The molecule has 4 aromatic rings. The molecule has 0 N–H and O–H groups in total. The Morgan fingerprint density at radius 2 is 1.79 bits per heavy atom. The summed E-state index contributed by atoms with van der Waals surface area (Å²) in [6.07, 6.45) is 3.36. The summed E-state index contributed by atoms with van der Waals surface area (Å²) >= 11 is 0. The Morgan fingerprint density at radius 1 is 0.971 bits per heavy atom. The SMILES string of the molecule is Cc1nc(-c2ccc(C(F)(F)F)nc2)ccc1COc1ccc(CCCCn2ccnn2)cc1. The van der Waals surface area contributed by atoms with Crippen LogP contribution in [0.3, 0.4) is 0 Å². The number of aryl methyl sites for hydroxylation is 3. The van der Waals surface area contributed by atoms with E-state index in [2.05, 4.69) is 32.4 Å². The Morgan fingerprint density at radius 3 is 2.44 bits per heavy atom. The first-order chi connectivity index (χ1) is 16.4. The van der Waals surface area contributed by atoms with Crippen molar-refractivity contribution in [3.8, 4) is 17.0 Å². The smallest absolute Gasteiger partial charge is 0.433 e. The van der Waals surface area contributed by atoms with Gasteiger partial charge in [-0.25, -0.2) is 0 Å². The number of halogens is 3. The summed E-state index contributed by atoms with van der Waals surface area (Å²) in [7, 11) is 0. The molecule has 4 rings (SSSR count). The van der Waals surface area contributed by atoms with E-state index in [4.69, 9.17) is 4.74 Å². The van der Waals surface area contributed by atoms with Crippen LogP contribution in [0.1, 0.15) is 35.4 Å². The highest BCUT2D eigenvalue weighted by atomic mass is 19.4. The van der Waals surface area contributed by atoms with E-state index >= 15 is 0 Å². The van der Waals surface area contributed by atoms with Gasteiger partial charge in [0.05, 0.1) is 11.9 Å². The number of hydrogen-bond donors (Lipinski definition) is 0. The number of benzene rings is 1. The largest absolute Gasteiger partial charge is 0.489 e. The van der Waals surface area contributed by atoms with Crippen molar-refractivity contribution >= 4 is 0 Å². The number of rotatable bonds is 9. The maximum absolute atomic E-state index is 12.7. The van der Waals surface area contributed by atoms with Gasteiger partial charge >= 0.3 is 6.18 Å². The molecule has 0 saturated heterocycles. The minimum atomic E-state index is -4.46. The van der Waals surface area contributed by atoms with E-state index in [1.807, 2.05) is 36.0 Å². The Hall–Kier alpha value is -3.75. The molecule has 0 atom stereocenters. The molecule has 0 aliphatic heterocycles. The first-order valence-electron chi connectivity index (χ1n) is 10.9. The molecule has 3 heterocycles. The molecule has 176 valence electrons. The van der Waals surface area contributed by atoms with Crippen molar-refractivity contribution < 1.29 is 17.9 Å². The molecule has 9 heteroatoms. The van der Waals surface area contributed by atoms with Crippen molar-refractivity contribution in [1.29, 1.82) is 0 Å². The van der Waals surface area contributed by atoms with Gasteiger partial charge < -0.3 is 4.74 Å². The molecule has 0 amide bonds. The van der Waals surface area contributed by atoms with Crippen molar-refractivity contribution in [3.05, 3.63) is 89.6 Å². The summed E-state index contributed by atoms with van der Waals surface area (Å²) in [6.45, 7) is 3.06. The second kappa shape index (κ2) is 10.5. The molecule has 0 saturated carbocycles. The molecule has 0 aliphatic rings. The van der Waals surface area contributed by atoms with Crippen molar-refractivity contribution in [2.75, 3.05) is 0 Å². The predicted molar refractivity (Wildman–Crippen MR) is 121 cm³/mol. The maximum atomic E-state index is 12.7. The van der Waals surface area contributed by atoms with E-state index in [1.54, 1.807) is 12.3 Å². The molecular formula is C25H24F3N5O. The highest BCUT2D eigenvalue weighted by Crippen LogP contribution is 2.29. The van der Waals surface area contributed by atoms with Gasteiger partial charge in [0, 0.05) is 35.8 Å². The lowest BCUT2D eigenvalue weighted by Gasteiger charge is -2.11. The lowest BCUT2D eigenvalue weighted by Crippen LogP contribution is -2.07. The zero-order valence-corrected chi connectivity index (χ0v) is 18.7. The van der Waals surface area contributed by atoms with Crippen LogP contribution in [0.15, 0.2) is 67.1 Å². The van der Waals surface area contributed by atoms with Gasteiger partial charge in [-0.15, -0.1) is 5.10 Å². The van der Waals surface area contributed by atoms with E-state index in [-0.39, 0.29) is 0 Å². The highest BCUT2D eigenvalue weighted by Gasteiger charge is 2.32. The fraction of sp³-hybridized carbons (Fsp3) is 0.280. The average Bonchev–Trinajstić information content (AvgIpc) is 3.35. The second-order valence-corrected chi connectivity index (χ2v) is 7.93. The molecule has 0 spiro atoms. The van der Waals surface area contributed by atoms with E-state index in [0.29, 0.717) is 17.9 Å². The van der Waals surface area contributed by atoms with Gasteiger partial charge in [-0.3, -0.25) is 14.6 Å². The van der Waals surface area contributed by atoms with Gasteiger partial charge in [0.25, 0.3) is 0 Å². The number of unbranched alkanes of at least 4 members (excludes halogenated alkanes) is 1. The number of aromatic nitrogens is 5. The van der Waals surface area contributed by atoms with Crippen LogP contribution in [0, 0.1) is 6.92 Å². The summed E-state index contributed by atoms with van der Waals surface area (Å²) in [4.78, 5) is 8.01. The minimum absolute atomic E-state index is 0.349. The molecule has 0 fully saturated rings. The van der Waals surface area contributed by atoms with Crippen molar-refractivity contribution in [3.63, 3.8) is 0 Å². The van der Waals surface area contributed by atoms with Gasteiger partial charge in [-0.05, 0) is 62.1 Å². The van der Waals surface area contributed by atoms with E-state index in [0.717, 1.165) is 48.9 Å². The van der Waals surface area contributed by atoms with Crippen LogP contribution in [-0.4, -0.2) is 25.0 Å². The fourth-order valence-corrected chi connectivity index (χ4v) is 3.48. The van der Waals surface area contributed by atoms with Gasteiger partial charge in [0.1, 0.15) is 18.1 Å². The third kappa shape index (κ3) is 6.18. The average molecular weight is 467 g/mol. The Balaban J connectivity index is 1.28. The maximum Gasteiger partial charge on any atom is 0.433 e. The van der Waals surface area contributed by atoms with Crippen LogP contribution in [0.2, 0.25) is 0 Å². The molecule has 0 bridgehead atoms. The van der Waals surface area contributed by atoms with Gasteiger partial charge in [0.2, 0.25) is 0 Å². The van der Waals surface area contributed by atoms with Crippen LogP contribution in [0.25, 0.3) is 11.3 Å². The van der Waals surface area contributed by atoms with Gasteiger partial charge in [-0.2, -0.15) is 13.2 Å². The lowest BCUT2D eigenvalue weighted by atomic mass is 10.1. The van der Waals surface area contributed by atoms with Crippen LogP contribution < -0.4 is 4.74 Å². The number of hydrogen-bond acceptors (Lipinski definition) is 5. The second-order valence-electron chi connectivity index (χ2n) is 7.93. The summed E-state index contributed by atoms with van der Waals surface area (Å²) in [6, 6.07) is 14.0. The summed E-state index contributed by atoms with van der Waals surface area (Å²) in [5.41, 5.74) is 3.08. The summed E-state index contributed by atoms with van der Waals surface area (Å²) in [5.74, 6) is 0.766. The fourth-order valence-electron chi connectivity index (χ4n) is 3.48. The molecule has 34 heavy (non-hydrogen) atoms. The van der Waals surface area contributed by atoms with E-state index < -0.39 is 11.9 Å². The first kappa shape index (κ1) is 23.4. The Bertz CT molecular complexity index is 1190. The van der Waals surface area contributed by atoms with Crippen LogP contribution in [-0.2, 0) is 25.7 Å². The van der Waals surface area contributed by atoms with Crippen molar-refractivity contribution in [2.45, 2.75) is 45.5 Å². The standard InChI is InChI=1S/C25H24F3N5O/c1-18-21(7-11-23(31-18)20-8-12-24(29-16-20)25(26,27)28)17-34-22-9-5-19(6-10-22)4-2-3-14-33-15-13-30-32-33/h5-13,15-16H,2-4,14,17H2,1H3. The molecular weight excluding hydrogens is 443 g/mol. The number of pyridine rings is 2. The van der Waals surface area contributed by atoms with E-state index in [9.17, 15) is 13.2 Å². The van der Waals surface area contributed by atoms with Gasteiger partial charge in [0.15, 0.2) is 0 Å². The monoisotopic (exact) mass is 467 g/mol. The number of ether oxygens (including phenoxy) is 1. The molecule has 0 unspecified atom stereocenters. The predicted octanol–water partition coefficient (Wildman–Crippen LogP) is 5.66. The molecule has 6 nitrogen and oxygen atoms in total. The number of alkyl halides is 3. The van der Waals surface area contributed by atoms with Gasteiger partial charge in [-0.1, -0.05) is 23.4 Å². The third-order valence-corrected chi connectivity index (χ3v) is 5.44. The van der Waals surface area contributed by atoms with Crippen LogP contribution in [0.5, 0.6) is 5.75 Å². The molecule has 1 aromatic carbocycles. The quantitative estimate of drug-likeness (QED) is 0.297. The van der Waals surface area contributed by atoms with E-state index in [1.165, 1.54) is 17.8 Å². The number of nitrogens with zero attached hydrogens (tertiary/aromatic N) is 5. The summed E-state index contributed by atoms with van der Waals surface area (Å²) in [5, 5.41) is 7.76. The topological polar surface area (TPSA) is 65.7 Å².